The Morgan fingerprint density at radius 3 is 2.47 bits per heavy atom. The average Bonchev–Trinajstić information content (AvgIpc) is 2.68. The van der Waals surface area contributed by atoms with E-state index in [-0.39, 0.29) is 36.4 Å². The molecule has 8 heteroatoms. The first-order valence-electron chi connectivity index (χ1n) is 9.54. The molecule has 0 atom stereocenters. The number of aromatic nitrogens is 1. The Kier molecular flexibility index (Phi) is 5.87. The van der Waals surface area contributed by atoms with Crippen molar-refractivity contribution in [1.29, 1.82) is 0 Å². The van der Waals surface area contributed by atoms with Gasteiger partial charge in [0.2, 0.25) is 0 Å². The van der Waals surface area contributed by atoms with Crippen LogP contribution in [0.5, 0.6) is 0 Å². The van der Waals surface area contributed by atoms with Crippen molar-refractivity contribution in [1.82, 2.24) is 4.98 Å². The van der Waals surface area contributed by atoms with E-state index in [4.69, 9.17) is 0 Å². The first-order chi connectivity index (χ1) is 14.0. The van der Waals surface area contributed by atoms with Gasteiger partial charge >= 0.3 is 6.18 Å². The van der Waals surface area contributed by atoms with E-state index in [1.165, 1.54) is 29.3 Å². The number of benzene rings is 1. The lowest BCUT2D eigenvalue weighted by Gasteiger charge is -2.29. The molecular formula is C22H23F4N3O. The van der Waals surface area contributed by atoms with Crippen LogP contribution in [0.25, 0.3) is 0 Å². The minimum Gasteiger partial charge on any atom is -0.352 e. The number of nitrogens with one attached hydrogen (secondary N) is 1. The first kappa shape index (κ1) is 21.8. The summed E-state index contributed by atoms with van der Waals surface area (Å²) in [6, 6.07) is 6.90. The van der Waals surface area contributed by atoms with Crippen molar-refractivity contribution < 1.29 is 22.4 Å². The lowest BCUT2D eigenvalue weighted by molar-refractivity contribution is -0.137. The quantitative estimate of drug-likeness (QED) is 0.683. The fourth-order valence-corrected chi connectivity index (χ4v) is 3.22. The molecule has 0 bridgehead atoms. The smallest absolute Gasteiger partial charge is 0.352 e. The lowest BCUT2D eigenvalue weighted by Crippen LogP contribution is -2.33. The van der Waals surface area contributed by atoms with Gasteiger partial charge in [-0.05, 0) is 41.7 Å². The number of nitrogens with zero attached hydrogens (tertiary/aromatic N) is 2. The van der Waals surface area contributed by atoms with Crippen LogP contribution in [0.2, 0.25) is 0 Å². The Balaban J connectivity index is 1.72. The van der Waals surface area contributed by atoms with Gasteiger partial charge in [-0.1, -0.05) is 32.9 Å². The maximum absolute atomic E-state index is 14.4. The lowest BCUT2D eigenvalue weighted by atomic mass is 9.87. The van der Waals surface area contributed by atoms with Crippen LogP contribution in [0.4, 0.5) is 29.1 Å². The highest BCUT2D eigenvalue weighted by Gasteiger charge is 2.36. The number of carbonyl (C=O) groups excluding carboxylic acids is 1. The molecule has 2 aromatic rings. The number of amides is 1. The van der Waals surface area contributed by atoms with Gasteiger partial charge in [0.25, 0.3) is 5.91 Å². The number of pyridine rings is 1. The van der Waals surface area contributed by atoms with E-state index in [0.29, 0.717) is 5.57 Å². The highest BCUT2D eigenvalue weighted by atomic mass is 19.4. The summed E-state index contributed by atoms with van der Waals surface area (Å²) < 4.78 is 54.0. The van der Waals surface area contributed by atoms with E-state index in [0.717, 1.165) is 11.6 Å². The summed E-state index contributed by atoms with van der Waals surface area (Å²) in [5.74, 6) is -1.16. The third-order valence-electron chi connectivity index (χ3n) is 4.98. The van der Waals surface area contributed by atoms with Gasteiger partial charge in [0.1, 0.15) is 11.6 Å². The van der Waals surface area contributed by atoms with Crippen LogP contribution < -0.4 is 10.2 Å². The molecule has 0 aliphatic carbocycles. The molecule has 1 aliphatic heterocycles. The minimum absolute atomic E-state index is 0.0698. The van der Waals surface area contributed by atoms with Gasteiger partial charge in [-0.2, -0.15) is 13.2 Å². The molecule has 0 saturated carbocycles. The fraction of sp³-hybridized carbons (Fsp3) is 0.364. The molecule has 1 amide bonds. The Hall–Kier alpha value is -2.90. The van der Waals surface area contributed by atoms with Crippen LogP contribution in [0.1, 0.15) is 38.3 Å². The van der Waals surface area contributed by atoms with Crippen molar-refractivity contribution >= 4 is 17.4 Å². The van der Waals surface area contributed by atoms with Crippen molar-refractivity contribution in [2.24, 2.45) is 0 Å². The van der Waals surface area contributed by atoms with Crippen LogP contribution in [0, 0.1) is 5.82 Å². The number of carbonyl (C=O) groups is 1. The first-order valence-corrected chi connectivity index (χ1v) is 9.54. The third kappa shape index (κ3) is 4.80. The molecule has 0 radical (unpaired) electrons. The molecular weight excluding hydrogens is 398 g/mol. The predicted octanol–water partition coefficient (Wildman–Crippen LogP) is 5.31. The molecule has 3 rings (SSSR count). The Labute approximate surface area is 172 Å². The Morgan fingerprint density at radius 1 is 1.17 bits per heavy atom. The maximum atomic E-state index is 14.4. The van der Waals surface area contributed by atoms with Crippen LogP contribution >= 0.6 is 0 Å². The van der Waals surface area contributed by atoms with Crippen LogP contribution in [-0.2, 0) is 16.4 Å². The van der Waals surface area contributed by atoms with Gasteiger partial charge in [-0.3, -0.25) is 4.79 Å². The van der Waals surface area contributed by atoms with Gasteiger partial charge in [0.05, 0.1) is 11.3 Å². The molecule has 1 aliphatic rings. The van der Waals surface area contributed by atoms with Crippen molar-refractivity contribution in [3.05, 3.63) is 65.1 Å². The third-order valence-corrected chi connectivity index (χ3v) is 4.98. The summed E-state index contributed by atoms with van der Waals surface area (Å²) in [6.45, 7) is 6.19. The van der Waals surface area contributed by atoms with Crippen LogP contribution in [0.3, 0.4) is 0 Å². The summed E-state index contributed by atoms with van der Waals surface area (Å²) in [7, 11) is 0. The monoisotopic (exact) mass is 421 g/mol. The molecule has 1 N–H and O–H groups in total. The van der Waals surface area contributed by atoms with E-state index < -0.39 is 23.5 Å². The van der Waals surface area contributed by atoms with E-state index in [1.54, 1.807) is 12.1 Å². The van der Waals surface area contributed by atoms with Crippen LogP contribution in [0.15, 0.2) is 48.2 Å². The normalized spacial score (nSPS) is 15.0. The molecule has 30 heavy (non-hydrogen) atoms. The molecule has 2 heterocycles. The molecule has 0 saturated heterocycles. The number of anilines is 2. The zero-order chi connectivity index (χ0) is 22.1. The van der Waals surface area contributed by atoms with Crippen molar-refractivity contribution in [2.45, 2.75) is 38.8 Å². The SMILES string of the molecule is CC(C)(C)c1ccc(NC(=O)C2=CCN(c3ncccc3C(F)(F)F)CC2)c(F)c1. The maximum Gasteiger partial charge on any atom is 0.419 e. The number of hydrogen-bond donors (Lipinski definition) is 1. The second-order valence-corrected chi connectivity index (χ2v) is 8.20. The average molecular weight is 421 g/mol. The Bertz CT molecular complexity index is 977. The number of halogens is 4. The number of hydrogen-bond acceptors (Lipinski definition) is 3. The summed E-state index contributed by atoms with van der Waals surface area (Å²) in [6.07, 6.45) is -1.43. The van der Waals surface area contributed by atoms with Gasteiger partial charge in [-0.25, -0.2) is 9.37 Å². The van der Waals surface area contributed by atoms with Crippen molar-refractivity contribution in [3.63, 3.8) is 0 Å². The zero-order valence-electron chi connectivity index (χ0n) is 17.0. The largest absolute Gasteiger partial charge is 0.419 e. The van der Waals surface area contributed by atoms with E-state index >= 15 is 0 Å². The highest BCUT2D eigenvalue weighted by molar-refractivity contribution is 6.04. The molecule has 160 valence electrons. The van der Waals surface area contributed by atoms with Gasteiger partial charge in [0.15, 0.2) is 0 Å². The number of rotatable bonds is 3. The molecule has 0 fully saturated rings. The number of alkyl halides is 3. The molecule has 1 aromatic heterocycles. The standard InChI is InChI=1S/C22H23F4N3O/c1-21(2,3)15-6-7-18(17(23)13-15)28-20(30)14-8-11-29(12-9-14)19-16(22(24,25)26)5-4-10-27-19/h4-8,10,13H,9,11-12H2,1-3H3,(H,28,30). The van der Waals surface area contributed by atoms with Crippen molar-refractivity contribution in [3.8, 4) is 0 Å². The summed E-state index contributed by atoms with van der Waals surface area (Å²) in [5.41, 5.74) is 0.239. The summed E-state index contributed by atoms with van der Waals surface area (Å²) >= 11 is 0. The zero-order valence-corrected chi connectivity index (χ0v) is 17.0. The fourth-order valence-electron chi connectivity index (χ4n) is 3.22. The highest BCUT2D eigenvalue weighted by Crippen LogP contribution is 2.36. The van der Waals surface area contributed by atoms with E-state index in [1.807, 2.05) is 20.8 Å². The second kappa shape index (κ2) is 8.08. The molecule has 0 spiro atoms. The van der Waals surface area contributed by atoms with Crippen molar-refractivity contribution in [2.75, 3.05) is 23.3 Å². The van der Waals surface area contributed by atoms with Gasteiger partial charge in [-0.15, -0.1) is 0 Å². The van der Waals surface area contributed by atoms with Gasteiger partial charge < -0.3 is 10.2 Å². The van der Waals surface area contributed by atoms with Gasteiger partial charge in [0, 0.05) is 24.9 Å². The second-order valence-electron chi connectivity index (χ2n) is 8.20. The molecule has 1 aromatic carbocycles. The molecule has 4 nitrogen and oxygen atoms in total. The summed E-state index contributed by atoms with van der Waals surface area (Å²) in [5, 5.41) is 2.55. The topological polar surface area (TPSA) is 45.2 Å². The summed E-state index contributed by atoms with van der Waals surface area (Å²) in [4.78, 5) is 17.9. The molecule has 0 unspecified atom stereocenters. The Morgan fingerprint density at radius 2 is 1.90 bits per heavy atom. The van der Waals surface area contributed by atoms with E-state index in [2.05, 4.69) is 10.3 Å². The predicted molar refractivity (Wildman–Crippen MR) is 108 cm³/mol. The minimum atomic E-state index is -4.51. The van der Waals surface area contributed by atoms with E-state index in [9.17, 15) is 22.4 Å². The van der Waals surface area contributed by atoms with Crippen LogP contribution in [-0.4, -0.2) is 24.0 Å².